The van der Waals surface area contributed by atoms with E-state index in [2.05, 4.69) is 9.69 Å². The van der Waals surface area contributed by atoms with Gasteiger partial charge in [-0.1, -0.05) is 12.1 Å². The van der Waals surface area contributed by atoms with Crippen LogP contribution in [0.3, 0.4) is 0 Å². The topological polar surface area (TPSA) is 60.2 Å². The van der Waals surface area contributed by atoms with Crippen LogP contribution in [-0.4, -0.2) is 11.5 Å². The van der Waals surface area contributed by atoms with E-state index in [4.69, 9.17) is 10.5 Å². The number of aromatic nitrogens is 1. The molecule has 0 aliphatic rings. The summed E-state index contributed by atoms with van der Waals surface area (Å²) in [5.74, 6) is 1.42. The Labute approximate surface area is 98.2 Å². The summed E-state index contributed by atoms with van der Waals surface area (Å²) in [5, 5.41) is 4.23. The number of rotatable bonds is 4. The van der Waals surface area contributed by atoms with E-state index < -0.39 is 0 Å². The Morgan fingerprint density at radius 2 is 2.12 bits per heavy atom. The SMILES string of the molecule is COc1ccc(CNc2cc(N)ns2)cc1. The van der Waals surface area contributed by atoms with Crippen LogP contribution in [-0.2, 0) is 6.54 Å². The lowest BCUT2D eigenvalue weighted by Gasteiger charge is -2.04. The lowest BCUT2D eigenvalue weighted by Crippen LogP contribution is -1.97. The molecule has 0 bridgehead atoms. The average molecular weight is 235 g/mol. The van der Waals surface area contributed by atoms with Crippen LogP contribution in [0, 0.1) is 0 Å². The van der Waals surface area contributed by atoms with Crippen molar-refractivity contribution in [1.82, 2.24) is 4.37 Å². The second kappa shape index (κ2) is 4.85. The molecule has 0 fully saturated rings. The van der Waals surface area contributed by atoms with Crippen LogP contribution >= 0.6 is 11.5 Å². The van der Waals surface area contributed by atoms with Gasteiger partial charge in [-0.15, -0.1) is 0 Å². The number of anilines is 2. The minimum atomic E-state index is 0.558. The summed E-state index contributed by atoms with van der Waals surface area (Å²) in [7, 11) is 1.66. The van der Waals surface area contributed by atoms with E-state index in [0.29, 0.717) is 5.82 Å². The summed E-state index contributed by atoms with van der Waals surface area (Å²) < 4.78 is 9.08. The number of nitrogens with two attached hydrogens (primary N) is 1. The summed E-state index contributed by atoms with van der Waals surface area (Å²) in [6, 6.07) is 9.76. The summed E-state index contributed by atoms with van der Waals surface area (Å²) in [6.45, 7) is 0.756. The molecule has 2 rings (SSSR count). The number of benzene rings is 1. The molecule has 3 N–H and O–H groups in total. The normalized spacial score (nSPS) is 10.1. The number of nitrogens with one attached hydrogen (secondary N) is 1. The van der Waals surface area contributed by atoms with Gasteiger partial charge in [0.15, 0.2) is 0 Å². The van der Waals surface area contributed by atoms with Crippen molar-refractivity contribution in [2.24, 2.45) is 0 Å². The maximum absolute atomic E-state index is 5.53. The number of hydrogen-bond acceptors (Lipinski definition) is 5. The van der Waals surface area contributed by atoms with Crippen LogP contribution in [0.2, 0.25) is 0 Å². The minimum Gasteiger partial charge on any atom is -0.497 e. The van der Waals surface area contributed by atoms with Gasteiger partial charge in [0.2, 0.25) is 0 Å². The molecule has 0 spiro atoms. The van der Waals surface area contributed by atoms with Crippen molar-refractivity contribution in [3.8, 4) is 5.75 Å². The first kappa shape index (κ1) is 10.8. The molecule has 0 aliphatic carbocycles. The third kappa shape index (κ3) is 2.64. The number of methoxy groups -OCH3 is 1. The number of nitrogens with zero attached hydrogens (tertiary/aromatic N) is 1. The fraction of sp³-hybridized carbons (Fsp3) is 0.182. The second-order valence-corrected chi connectivity index (χ2v) is 4.12. The zero-order valence-corrected chi connectivity index (χ0v) is 9.75. The maximum Gasteiger partial charge on any atom is 0.139 e. The van der Waals surface area contributed by atoms with Gasteiger partial charge in [-0.2, -0.15) is 4.37 Å². The highest BCUT2D eigenvalue weighted by Gasteiger charge is 1.98. The van der Waals surface area contributed by atoms with E-state index in [1.54, 1.807) is 7.11 Å². The largest absolute Gasteiger partial charge is 0.497 e. The van der Waals surface area contributed by atoms with Crippen molar-refractivity contribution in [3.05, 3.63) is 35.9 Å². The van der Waals surface area contributed by atoms with Gasteiger partial charge >= 0.3 is 0 Å². The Morgan fingerprint density at radius 3 is 2.69 bits per heavy atom. The zero-order valence-electron chi connectivity index (χ0n) is 8.93. The molecular weight excluding hydrogens is 222 g/mol. The van der Waals surface area contributed by atoms with Crippen molar-refractivity contribution >= 4 is 22.4 Å². The zero-order chi connectivity index (χ0) is 11.4. The van der Waals surface area contributed by atoms with Crippen molar-refractivity contribution in [1.29, 1.82) is 0 Å². The first-order valence-corrected chi connectivity index (χ1v) is 5.64. The molecule has 5 heteroatoms. The molecule has 1 aromatic heterocycles. The summed E-state index contributed by atoms with van der Waals surface area (Å²) in [5.41, 5.74) is 6.72. The Balaban J connectivity index is 1.94. The van der Waals surface area contributed by atoms with Gasteiger partial charge in [0.05, 0.1) is 7.11 Å². The fourth-order valence-electron chi connectivity index (χ4n) is 1.30. The third-order valence-electron chi connectivity index (χ3n) is 2.15. The molecule has 0 saturated heterocycles. The highest BCUT2D eigenvalue weighted by Crippen LogP contribution is 2.19. The maximum atomic E-state index is 5.53. The van der Waals surface area contributed by atoms with Gasteiger partial charge < -0.3 is 15.8 Å². The van der Waals surface area contributed by atoms with Gasteiger partial charge in [0, 0.05) is 12.6 Å². The van der Waals surface area contributed by atoms with Crippen molar-refractivity contribution < 1.29 is 4.74 Å². The average Bonchev–Trinajstić information content (AvgIpc) is 2.73. The smallest absolute Gasteiger partial charge is 0.139 e. The molecule has 16 heavy (non-hydrogen) atoms. The van der Waals surface area contributed by atoms with Crippen LogP contribution in [0.15, 0.2) is 30.3 Å². The lowest BCUT2D eigenvalue weighted by atomic mass is 10.2. The number of hydrogen-bond donors (Lipinski definition) is 2. The molecule has 0 unspecified atom stereocenters. The Bertz CT molecular complexity index is 453. The van der Waals surface area contributed by atoms with E-state index in [1.165, 1.54) is 17.1 Å². The molecule has 0 amide bonds. The Hall–Kier alpha value is -1.75. The van der Waals surface area contributed by atoms with Gasteiger partial charge in [0.25, 0.3) is 0 Å². The van der Waals surface area contributed by atoms with Gasteiger partial charge in [-0.05, 0) is 29.2 Å². The van der Waals surface area contributed by atoms with E-state index in [1.807, 2.05) is 30.3 Å². The molecule has 1 aromatic carbocycles. The third-order valence-corrected chi connectivity index (χ3v) is 2.92. The first-order valence-electron chi connectivity index (χ1n) is 4.87. The minimum absolute atomic E-state index is 0.558. The van der Waals surface area contributed by atoms with E-state index in [0.717, 1.165) is 17.3 Å². The molecule has 84 valence electrons. The molecule has 4 nitrogen and oxygen atoms in total. The van der Waals surface area contributed by atoms with Gasteiger partial charge in [-0.3, -0.25) is 0 Å². The van der Waals surface area contributed by atoms with Gasteiger partial charge in [0.1, 0.15) is 16.6 Å². The predicted octanol–water partition coefficient (Wildman–Crippen LogP) is 2.35. The highest BCUT2D eigenvalue weighted by molar-refractivity contribution is 7.10. The predicted molar refractivity (Wildman–Crippen MR) is 66.8 cm³/mol. The standard InChI is InChI=1S/C11H13N3OS/c1-15-9-4-2-8(3-5-9)7-13-11-6-10(12)14-16-11/h2-6,13H,7H2,1H3,(H2,12,14). The number of ether oxygens (including phenoxy) is 1. The summed E-state index contributed by atoms with van der Waals surface area (Å²) in [4.78, 5) is 0. The Kier molecular flexibility index (Phi) is 3.26. The van der Waals surface area contributed by atoms with E-state index in [-0.39, 0.29) is 0 Å². The first-order chi connectivity index (χ1) is 7.78. The summed E-state index contributed by atoms with van der Waals surface area (Å²) >= 11 is 1.37. The molecule has 2 aromatic rings. The fourth-order valence-corrected chi connectivity index (χ4v) is 1.87. The molecule has 0 atom stereocenters. The molecule has 1 heterocycles. The van der Waals surface area contributed by atoms with Crippen molar-refractivity contribution in [2.75, 3.05) is 18.2 Å². The monoisotopic (exact) mass is 235 g/mol. The van der Waals surface area contributed by atoms with Crippen LogP contribution < -0.4 is 15.8 Å². The van der Waals surface area contributed by atoms with Crippen LogP contribution in [0.25, 0.3) is 0 Å². The molecule has 0 aliphatic heterocycles. The highest BCUT2D eigenvalue weighted by atomic mass is 32.1. The van der Waals surface area contributed by atoms with Gasteiger partial charge in [-0.25, -0.2) is 0 Å². The number of nitrogen functional groups attached to an aromatic ring is 1. The van der Waals surface area contributed by atoms with E-state index in [9.17, 15) is 0 Å². The molecular formula is C11H13N3OS. The van der Waals surface area contributed by atoms with Crippen LogP contribution in [0.5, 0.6) is 5.75 Å². The van der Waals surface area contributed by atoms with Crippen LogP contribution in [0.4, 0.5) is 10.8 Å². The molecule has 0 radical (unpaired) electrons. The quantitative estimate of drug-likeness (QED) is 0.854. The summed E-state index contributed by atoms with van der Waals surface area (Å²) in [6.07, 6.45) is 0. The molecule has 0 saturated carbocycles. The Morgan fingerprint density at radius 1 is 1.38 bits per heavy atom. The second-order valence-electron chi connectivity index (χ2n) is 3.32. The lowest BCUT2D eigenvalue weighted by molar-refractivity contribution is 0.414. The van der Waals surface area contributed by atoms with Crippen LogP contribution in [0.1, 0.15) is 5.56 Å². The van der Waals surface area contributed by atoms with Crippen molar-refractivity contribution in [3.63, 3.8) is 0 Å². The van der Waals surface area contributed by atoms with Crippen molar-refractivity contribution in [2.45, 2.75) is 6.54 Å². The van der Waals surface area contributed by atoms with E-state index >= 15 is 0 Å².